The van der Waals surface area contributed by atoms with Gasteiger partial charge in [0.05, 0.1) is 0 Å². The highest BCUT2D eigenvalue weighted by Crippen LogP contribution is 2.06. The molecule has 0 spiro atoms. The maximum absolute atomic E-state index is 11.6. The largest absolute Gasteiger partial charge is 0.335 e. The van der Waals surface area contributed by atoms with Crippen LogP contribution in [0.2, 0.25) is 0 Å². The molecule has 0 heterocycles. The molecule has 0 aliphatic heterocycles. The summed E-state index contributed by atoms with van der Waals surface area (Å²) in [4.78, 5) is 11.6. The molecule has 0 saturated carbocycles. The number of unbranched alkanes of at least 4 members (excludes halogenated alkanes) is 2. The molecule has 1 rings (SSSR count). The second-order valence-corrected chi connectivity index (χ2v) is 4.36. The molecule has 1 aromatic rings. The van der Waals surface area contributed by atoms with Gasteiger partial charge in [0, 0.05) is 11.7 Å². The van der Waals surface area contributed by atoms with Crippen LogP contribution in [0.15, 0.2) is 30.3 Å². The molecule has 17 heavy (non-hydrogen) atoms. The van der Waals surface area contributed by atoms with Gasteiger partial charge < -0.3 is 10.6 Å². The molecule has 3 heteroatoms. The Morgan fingerprint density at radius 3 is 2.59 bits per heavy atom. The fraction of sp³-hybridized carbons (Fsp3) is 0.500. The first-order valence-corrected chi connectivity index (χ1v) is 6.35. The maximum Gasteiger partial charge on any atom is 0.319 e. The van der Waals surface area contributed by atoms with Crippen molar-refractivity contribution in [2.75, 3.05) is 5.32 Å². The summed E-state index contributed by atoms with van der Waals surface area (Å²) in [5, 5.41) is 5.75. The van der Waals surface area contributed by atoms with Crippen LogP contribution in [0.3, 0.4) is 0 Å². The van der Waals surface area contributed by atoms with Crippen molar-refractivity contribution in [3.05, 3.63) is 30.3 Å². The smallest absolute Gasteiger partial charge is 0.319 e. The standard InChI is InChI=1S/C14H22N2O/c1-3-4-6-9-12(2)15-14(17)16-13-10-7-5-8-11-13/h5,7-8,10-12H,3-4,6,9H2,1-2H3,(H2,15,16,17). The molecule has 2 N–H and O–H groups in total. The van der Waals surface area contributed by atoms with Crippen molar-refractivity contribution in [1.82, 2.24) is 5.32 Å². The molecule has 2 amide bonds. The lowest BCUT2D eigenvalue weighted by molar-refractivity contribution is 0.248. The minimum Gasteiger partial charge on any atom is -0.335 e. The summed E-state index contributed by atoms with van der Waals surface area (Å²) in [5.41, 5.74) is 0.825. The molecule has 0 fully saturated rings. The first-order chi connectivity index (χ1) is 8.22. The fourth-order valence-corrected chi connectivity index (χ4v) is 1.69. The first-order valence-electron chi connectivity index (χ1n) is 6.35. The fourth-order valence-electron chi connectivity index (χ4n) is 1.69. The number of carbonyl (C=O) groups excluding carboxylic acids is 1. The second kappa shape index (κ2) is 7.71. The highest BCUT2D eigenvalue weighted by Gasteiger charge is 2.06. The van der Waals surface area contributed by atoms with Gasteiger partial charge in [-0.2, -0.15) is 0 Å². The van der Waals surface area contributed by atoms with Crippen molar-refractivity contribution in [3.8, 4) is 0 Å². The average molecular weight is 234 g/mol. The minimum absolute atomic E-state index is 0.125. The van der Waals surface area contributed by atoms with E-state index >= 15 is 0 Å². The average Bonchev–Trinajstić information content (AvgIpc) is 2.30. The van der Waals surface area contributed by atoms with E-state index in [4.69, 9.17) is 0 Å². The molecule has 1 atom stereocenters. The summed E-state index contributed by atoms with van der Waals surface area (Å²) in [7, 11) is 0. The predicted octanol–water partition coefficient (Wildman–Crippen LogP) is 3.78. The SMILES string of the molecule is CCCCCC(C)NC(=O)Nc1ccccc1. The van der Waals surface area contributed by atoms with Gasteiger partial charge in [0.15, 0.2) is 0 Å². The van der Waals surface area contributed by atoms with E-state index in [1.165, 1.54) is 19.3 Å². The number of benzene rings is 1. The van der Waals surface area contributed by atoms with Gasteiger partial charge in [-0.1, -0.05) is 44.4 Å². The Labute approximate surface area is 104 Å². The van der Waals surface area contributed by atoms with Crippen LogP contribution >= 0.6 is 0 Å². The zero-order valence-corrected chi connectivity index (χ0v) is 10.7. The third-order valence-corrected chi connectivity index (χ3v) is 2.65. The van der Waals surface area contributed by atoms with Gasteiger partial charge in [0.25, 0.3) is 0 Å². The highest BCUT2D eigenvalue weighted by atomic mass is 16.2. The number of urea groups is 1. The van der Waals surface area contributed by atoms with Gasteiger partial charge in [0.1, 0.15) is 0 Å². The van der Waals surface area contributed by atoms with Gasteiger partial charge in [-0.25, -0.2) is 4.79 Å². The summed E-state index contributed by atoms with van der Waals surface area (Å²) in [5.74, 6) is 0. The summed E-state index contributed by atoms with van der Waals surface area (Å²) in [6.07, 6.45) is 4.65. The monoisotopic (exact) mass is 234 g/mol. The number of hydrogen-bond acceptors (Lipinski definition) is 1. The Kier molecular flexibility index (Phi) is 6.15. The van der Waals surface area contributed by atoms with E-state index in [9.17, 15) is 4.79 Å². The molecule has 1 unspecified atom stereocenters. The van der Waals surface area contributed by atoms with Crippen LogP contribution < -0.4 is 10.6 Å². The summed E-state index contributed by atoms with van der Waals surface area (Å²) >= 11 is 0. The van der Waals surface area contributed by atoms with Gasteiger partial charge in [0.2, 0.25) is 0 Å². The van der Waals surface area contributed by atoms with Crippen molar-refractivity contribution in [2.24, 2.45) is 0 Å². The molecule has 3 nitrogen and oxygen atoms in total. The van der Waals surface area contributed by atoms with Crippen LogP contribution in [0.25, 0.3) is 0 Å². The number of rotatable bonds is 6. The van der Waals surface area contributed by atoms with Crippen molar-refractivity contribution < 1.29 is 4.79 Å². The van der Waals surface area contributed by atoms with E-state index < -0.39 is 0 Å². The van der Waals surface area contributed by atoms with Crippen molar-refractivity contribution >= 4 is 11.7 Å². The number of nitrogens with one attached hydrogen (secondary N) is 2. The highest BCUT2D eigenvalue weighted by molar-refractivity contribution is 5.89. The molecule has 0 bridgehead atoms. The molecule has 0 radical (unpaired) electrons. The summed E-state index contributed by atoms with van der Waals surface area (Å²) in [6, 6.07) is 9.59. The lowest BCUT2D eigenvalue weighted by Gasteiger charge is -2.14. The molecule has 0 saturated heterocycles. The normalized spacial score (nSPS) is 11.9. The number of hydrogen-bond donors (Lipinski definition) is 2. The van der Waals surface area contributed by atoms with Gasteiger partial charge in [-0.15, -0.1) is 0 Å². The minimum atomic E-state index is -0.125. The molecule has 1 aromatic carbocycles. The lowest BCUT2D eigenvalue weighted by Crippen LogP contribution is -2.36. The maximum atomic E-state index is 11.6. The Morgan fingerprint density at radius 1 is 1.24 bits per heavy atom. The Bertz CT molecular complexity index is 324. The predicted molar refractivity (Wildman–Crippen MR) is 72.2 cm³/mol. The summed E-state index contributed by atoms with van der Waals surface area (Å²) < 4.78 is 0. The second-order valence-electron chi connectivity index (χ2n) is 4.36. The van der Waals surface area contributed by atoms with Crippen LogP contribution in [0.1, 0.15) is 39.5 Å². The van der Waals surface area contributed by atoms with E-state index in [0.717, 1.165) is 12.1 Å². The summed E-state index contributed by atoms with van der Waals surface area (Å²) in [6.45, 7) is 4.22. The van der Waals surface area contributed by atoms with E-state index in [1.807, 2.05) is 37.3 Å². The molecule has 0 aliphatic rings. The van der Waals surface area contributed by atoms with Crippen LogP contribution in [-0.4, -0.2) is 12.1 Å². The molecular formula is C14H22N2O. The molecule has 0 aromatic heterocycles. The van der Waals surface area contributed by atoms with Crippen LogP contribution in [0, 0.1) is 0 Å². The van der Waals surface area contributed by atoms with E-state index in [0.29, 0.717) is 0 Å². The van der Waals surface area contributed by atoms with Crippen molar-refractivity contribution in [1.29, 1.82) is 0 Å². The van der Waals surface area contributed by atoms with Crippen LogP contribution in [0.4, 0.5) is 10.5 Å². The lowest BCUT2D eigenvalue weighted by atomic mass is 10.1. The van der Waals surface area contributed by atoms with Gasteiger partial charge in [-0.3, -0.25) is 0 Å². The third-order valence-electron chi connectivity index (χ3n) is 2.65. The number of carbonyl (C=O) groups is 1. The van der Waals surface area contributed by atoms with Gasteiger partial charge in [-0.05, 0) is 25.5 Å². The first kappa shape index (κ1) is 13.6. The Hall–Kier alpha value is -1.51. The third kappa shape index (κ3) is 5.95. The number of anilines is 1. The quantitative estimate of drug-likeness (QED) is 0.723. The van der Waals surface area contributed by atoms with Crippen molar-refractivity contribution in [2.45, 2.75) is 45.6 Å². The van der Waals surface area contributed by atoms with Crippen LogP contribution in [0.5, 0.6) is 0 Å². The Balaban J connectivity index is 2.25. The van der Waals surface area contributed by atoms with E-state index in [2.05, 4.69) is 17.6 Å². The zero-order valence-electron chi connectivity index (χ0n) is 10.7. The van der Waals surface area contributed by atoms with Gasteiger partial charge >= 0.3 is 6.03 Å². The molecular weight excluding hydrogens is 212 g/mol. The topological polar surface area (TPSA) is 41.1 Å². The molecule has 94 valence electrons. The van der Waals surface area contributed by atoms with Crippen molar-refractivity contribution in [3.63, 3.8) is 0 Å². The van der Waals surface area contributed by atoms with Crippen LogP contribution in [-0.2, 0) is 0 Å². The Morgan fingerprint density at radius 2 is 1.94 bits per heavy atom. The van der Waals surface area contributed by atoms with E-state index in [-0.39, 0.29) is 12.1 Å². The van der Waals surface area contributed by atoms with E-state index in [1.54, 1.807) is 0 Å². The number of amides is 2. The zero-order chi connectivity index (χ0) is 12.5. The molecule has 0 aliphatic carbocycles. The number of para-hydroxylation sites is 1.